The summed E-state index contributed by atoms with van der Waals surface area (Å²) >= 11 is 12.1. The van der Waals surface area contributed by atoms with Gasteiger partial charge in [0.05, 0.1) is 25.4 Å². The van der Waals surface area contributed by atoms with E-state index in [0.717, 1.165) is 5.56 Å². The van der Waals surface area contributed by atoms with Crippen LogP contribution in [-0.4, -0.2) is 28.8 Å². The summed E-state index contributed by atoms with van der Waals surface area (Å²) in [4.78, 5) is 23.9. The molecule has 8 heteroatoms. The van der Waals surface area contributed by atoms with E-state index in [9.17, 15) is 9.59 Å². The fourth-order valence-corrected chi connectivity index (χ4v) is 2.91. The van der Waals surface area contributed by atoms with Crippen LogP contribution in [0.3, 0.4) is 0 Å². The van der Waals surface area contributed by atoms with Gasteiger partial charge >= 0.3 is 5.97 Å². The van der Waals surface area contributed by atoms with Gasteiger partial charge in [-0.05, 0) is 42.0 Å². The standard InChI is InChI=1S/C19H15Cl2N3O3/c1-27-19(26)13-4-2-12(3-5-13)18(25)23-17-8-9-22-24(17)11-14-6-7-15(20)10-16(14)21/h2-10H,11H2,1H3,(H,23,25). The van der Waals surface area contributed by atoms with Crippen molar-refractivity contribution in [2.45, 2.75) is 6.54 Å². The molecule has 138 valence electrons. The molecule has 3 aromatic rings. The normalized spacial score (nSPS) is 10.5. The highest BCUT2D eigenvalue weighted by molar-refractivity contribution is 6.35. The van der Waals surface area contributed by atoms with Gasteiger partial charge in [-0.25, -0.2) is 9.48 Å². The molecule has 27 heavy (non-hydrogen) atoms. The molecule has 0 saturated heterocycles. The Kier molecular flexibility index (Phi) is 5.78. The lowest BCUT2D eigenvalue weighted by atomic mass is 10.1. The minimum atomic E-state index is -0.458. The predicted octanol–water partition coefficient (Wildman–Crippen LogP) is 4.28. The van der Waals surface area contributed by atoms with Crippen molar-refractivity contribution in [1.29, 1.82) is 0 Å². The monoisotopic (exact) mass is 403 g/mol. The molecule has 0 radical (unpaired) electrons. The van der Waals surface area contributed by atoms with Gasteiger partial charge in [-0.3, -0.25) is 4.79 Å². The number of nitrogens with zero attached hydrogens (tertiary/aromatic N) is 2. The third-order valence-corrected chi connectivity index (χ3v) is 4.45. The zero-order chi connectivity index (χ0) is 19.4. The van der Waals surface area contributed by atoms with Crippen LogP contribution in [0.1, 0.15) is 26.3 Å². The van der Waals surface area contributed by atoms with Crippen molar-refractivity contribution >= 4 is 40.9 Å². The molecular weight excluding hydrogens is 389 g/mol. The number of carbonyl (C=O) groups is 2. The molecule has 0 fully saturated rings. The molecule has 0 aliphatic heterocycles. The van der Waals surface area contributed by atoms with E-state index in [4.69, 9.17) is 23.2 Å². The van der Waals surface area contributed by atoms with E-state index in [1.54, 1.807) is 41.2 Å². The first-order valence-corrected chi connectivity index (χ1v) is 8.69. The van der Waals surface area contributed by atoms with Gasteiger partial charge in [0.2, 0.25) is 0 Å². The number of esters is 1. The lowest BCUT2D eigenvalue weighted by Crippen LogP contribution is -2.16. The van der Waals surface area contributed by atoms with Crippen LogP contribution >= 0.6 is 23.2 Å². The van der Waals surface area contributed by atoms with Gasteiger partial charge in [-0.1, -0.05) is 29.3 Å². The number of carbonyl (C=O) groups excluding carboxylic acids is 2. The number of aromatic nitrogens is 2. The smallest absolute Gasteiger partial charge is 0.337 e. The molecular formula is C19H15Cl2N3O3. The molecule has 0 aliphatic rings. The Hall–Kier alpha value is -2.83. The van der Waals surface area contributed by atoms with Gasteiger partial charge in [-0.15, -0.1) is 0 Å². The lowest BCUT2D eigenvalue weighted by Gasteiger charge is -2.11. The minimum Gasteiger partial charge on any atom is -0.465 e. The Morgan fingerprint density at radius 2 is 1.78 bits per heavy atom. The SMILES string of the molecule is COC(=O)c1ccc(C(=O)Nc2ccnn2Cc2ccc(Cl)cc2Cl)cc1. The summed E-state index contributed by atoms with van der Waals surface area (Å²) in [6.07, 6.45) is 1.58. The summed E-state index contributed by atoms with van der Waals surface area (Å²) in [6.45, 7) is 0.375. The Labute approximate surface area is 165 Å². The first-order valence-electron chi connectivity index (χ1n) is 7.93. The number of amides is 1. The molecule has 1 N–H and O–H groups in total. The minimum absolute atomic E-state index is 0.324. The number of ether oxygens (including phenoxy) is 1. The predicted molar refractivity (Wildman–Crippen MR) is 104 cm³/mol. The number of anilines is 1. The van der Waals surface area contributed by atoms with Gasteiger partial charge < -0.3 is 10.1 Å². The largest absolute Gasteiger partial charge is 0.465 e. The van der Waals surface area contributed by atoms with E-state index in [0.29, 0.717) is 33.5 Å². The van der Waals surface area contributed by atoms with E-state index >= 15 is 0 Å². The molecule has 3 rings (SSSR count). The van der Waals surface area contributed by atoms with Crippen LogP contribution in [0.2, 0.25) is 10.0 Å². The average Bonchev–Trinajstić information content (AvgIpc) is 3.10. The van der Waals surface area contributed by atoms with Crippen molar-refractivity contribution in [2.24, 2.45) is 0 Å². The van der Waals surface area contributed by atoms with Gasteiger partial charge in [0, 0.05) is 21.7 Å². The average molecular weight is 404 g/mol. The van der Waals surface area contributed by atoms with Gasteiger partial charge in [0.15, 0.2) is 0 Å². The number of nitrogens with one attached hydrogen (secondary N) is 1. The first kappa shape index (κ1) is 18.9. The zero-order valence-corrected chi connectivity index (χ0v) is 15.8. The Morgan fingerprint density at radius 3 is 2.44 bits per heavy atom. The molecule has 0 spiro atoms. The van der Waals surface area contributed by atoms with Crippen LogP contribution in [0.25, 0.3) is 0 Å². The van der Waals surface area contributed by atoms with Crippen LogP contribution < -0.4 is 5.32 Å². The lowest BCUT2D eigenvalue weighted by molar-refractivity contribution is 0.0600. The number of hydrogen-bond donors (Lipinski definition) is 1. The number of halogens is 2. The quantitative estimate of drug-likeness (QED) is 0.645. The van der Waals surface area contributed by atoms with Crippen LogP contribution in [-0.2, 0) is 11.3 Å². The van der Waals surface area contributed by atoms with Gasteiger partial charge in [0.1, 0.15) is 5.82 Å². The van der Waals surface area contributed by atoms with Crippen LogP contribution in [0.4, 0.5) is 5.82 Å². The molecule has 1 heterocycles. The van der Waals surface area contributed by atoms with Crippen molar-refractivity contribution in [3.8, 4) is 0 Å². The number of benzene rings is 2. The summed E-state index contributed by atoms with van der Waals surface area (Å²) in [7, 11) is 1.30. The molecule has 0 bridgehead atoms. The molecule has 2 aromatic carbocycles. The van der Waals surface area contributed by atoms with Crippen molar-refractivity contribution in [3.05, 3.63) is 81.5 Å². The van der Waals surface area contributed by atoms with E-state index in [1.165, 1.54) is 19.2 Å². The third kappa shape index (κ3) is 4.48. The number of methoxy groups -OCH3 is 1. The maximum Gasteiger partial charge on any atom is 0.337 e. The Bertz CT molecular complexity index is 984. The van der Waals surface area contributed by atoms with E-state index < -0.39 is 5.97 Å². The topological polar surface area (TPSA) is 73.2 Å². The molecule has 0 atom stereocenters. The highest BCUT2D eigenvalue weighted by atomic mass is 35.5. The van der Waals surface area contributed by atoms with E-state index in [1.807, 2.05) is 6.07 Å². The van der Waals surface area contributed by atoms with E-state index in [2.05, 4.69) is 15.2 Å². The molecule has 1 aromatic heterocycles. The van der Waals surface area contributed by atoms with Gasteiger partial charge in [0.25, 0.3) is 5.91 Å². The molecule has 6 nitrogen and oxygen atoms in total. The molecule has 0 unspecified atom stereocenters. The molecule has 1 amide bonds. The van der Waals surface area contributed by atoms with Crippen molar-refractivity contribution < 1.29 is 14.3 Å². The highest BCUT2D eigenvalue weighted by Gasteiger charge is 2.12. The fourth-order valence-electron chi connectivity index (χ4n) is 2.44. The summed E-state index contributed by atoms with van der Waals surface area (Å²) in [5.74, 6) is -0.265. The van der Waals surface area contributed by atoms with Crippen LogP contribution in [0.15, 0.2) is 54.7 Å². The Morgan fingerprint density at radius 1 is 1.07 bits per heavy atom. The Balaban J connectivity index is 1.74. The second kappa shape index (κ2) is 8.24. The fraction of sp³-hybridized carbons (Fsp3) is 0.105. The van der Waals surface area contributed by atoms with Crippen LogP contribution in [0, 0.1) is 0 Å². The number of hydrogen-bond acceptors (Lipinski definition) is 4. The maximum absolute atomic E-state index is 12.5. The second-order valence-corrected chi connectivity index (χ2v) is 6.48. The van der Waals surface area contributed by atoms with Crippen molar-refractivity contribution in [1.82, 2.24) is 9.78 Å². The summed E-state index contributed by atoms with van der Waals surface area (Å²) < 4.78 is 6.26. The first-order chi connectivity index (χ1) is 13.0. The third-order valence-electron chi connectivity index (χ3n) is 3.86. The highest BCUT2D eigenvalue weighted by Crippen LogP contribution is 2.23. The summed E-state index contributed by atoms with van der Waals surface area (Å²) in [5, 5.41) is 8.09. The van der Waals surface area contributed by atoms with Gasteiger partial charge in [-0.2, -0.15) is 5.10 Å². The summed E-state index contributed by atoms with van der Waals surface area (Å²) in [6, 6.07) is 13.1. The molecule has 0 saturated carbocycles. The van der Waals surface area contributed by atoms with Crippen molar-refractivity contribution in [3.63, 3.8) is 0 Å². The number of rotatable bonds is 5. The zero-order valence-electron chi connectivity index (χ0n) is 14.3. The maximum atomic E-state index is 12.5. The molecule has 0 aliphatic carbocycles. The van der Waals surface area contributed by atoms with E-state index in [-0.39, 0.29) is 5.91 Å². The second-order valence-electron chi connectivity index (χ2n) is 5.63. The van der Waals surface area contributed by atoms with Crippen molar-refractivity contribution in [2.75, 3.05) is 12.4 Å². The summed E-state index contributed by atoms with van der Waals surface area (Å²) in [5.41, 5.74) is 1.60. The van der Waals surface area contributed by atoms with Crippen LogP contribution in [0.5, 0.6) is 0 Å².